The molecule has 3 amide bonds. The Bertz CT molecular complexity index is 726. The molecule has 0 bridgehead atoms. The zero-order valence-corrected chi connectivity index (χ0v) is 17.5. The Morgan fingerprint density at radius 2 is 1.90 bits per heavy atom. The first-order chi connectivity index (χ1) is 13.9. The Morgan fingerprint density at radius 3 is 2.52 bits per heavy atom. The van der Waals surface area contributed by atoms with Crippen molar-refractivity contribution < 1.29 is 19.2 Å². The summed E-state index contributed by atoms with van der Waals surface area (Å²) in [5.74, 6) is -1.60. The van der Waals surface area contributed by atoms with Gasteiger partial charge in [-0.25, -0.2) is 0 Å². The summed E-state index contributed by atoms with van der Waals surface area (Å²) < 4.78 is 0. The lowest BCUT2D eigenvalue weighted by atomic mass is 9.95. The van der Waals surface area contributed by atoms with Crippen molar-refractivity contribution in [3.05, 3.63) is 35.9 Å². The van der Waals surface area contributed by atoms with Crippen molar-refractivity contribution in [3.8, 4) is 0 Å². The molecule has 8 heteroatoms. The molecule has 0 saturated carbocycles. The van der Waals surface area contributed by atoms with Crippen LogP contribution >= 0.6 is 11.8 Å². The van der Waals surface area contributed by atoms with E-state index in [4.69, 9.17) is 5.73 Å². The number of carbonyl (C=O) groups is 4. The van der Waals surface area contributed by atoms with Gasteiger partial charge in [-0.15, -0.1) is 0 Å². The van der Waals surface area contributed by atoms with E-state index in [0.717, 1.165) is 30.2 Å². The minimum Gasteiger partial charge on any atom is -0.369 e. The lowest BCUT2D eigenvalue weighted by Gasteiger charge is -2.25. The van der Waals surface area contributed by atoms with E-state index in [2.05, 4.69) is 10.6 Å². The summed E-state index contributed by atoms with van der Waals surface area (Å²) in [4.78, 5) is 47.4. The van der Waals surface area contributed by atoms with Gasteiger partial charge in [0.1, 0.15) is 5.92 Å². The molecule has 7 nitrogen and oxygen atoms in total. The smallest absolute Gasteiger partial charge is 0.233 e. The number of primary amides is 1. The molecule has 1 unspecified atom stereocenters. The van der Waals surface area contributed by atoms with Gasteiger partial charge in [0.15, 0.2) is 5.12 Å². The van der Waals surface area contributed by atoms with E-state index in [-0.39, 0.29) is 23.0 Å². The number of thioether (sulfide) groups is 1. The molecule has 0 spiro atoms. The highest BCUT2D eigenvalue weighted by Gasteiger charge is 2.30. The maximum atomic E-state index is 12.7. The Labute approximate surface area is 175 Å². The second-order valence-electron chi connectivity index (χ2n) is 7.24. The largest absolute Gasteiger partial charge is 0.369 e. The van der Waals surface area contributed by atoms with Crippen LogP contribution in [0.25, 0.3) is 0 Å². The number of nitrogens with two attached hydrogens (primary N) is 1. The van der Waals surface area contributed by atoms with Crippen molar-refractivity contribution in [2.75, 3.05) is 6.54 Å². The first kappa shape index (κ1) is 22.9. The fraction of sp³-hybridized carbons (Fsp3) is 0.524. The predicted molar refractivity (Wildman–Crippen MR) is 113 cm³/mol. The minimum absolute atomic E-state index is 0.131. The van der Waals surface area contributed by atoms with Gasteiger partial charge in [-0.1, -0.05) is 54.9 Å². The van der Waals surface area contributed by atoms with Crippen LogP contribution in [0.3, 0.4) is 0 Å². The number of benzene rings is 1. The number of hydrogen-bond acceptors (Lipinski definition) is 5. The van der Waals surface area contributed by atoms with Gasteiger partial charge >= 0.3 is 0 Å². The topological polar surface area (TPSA) is 118 Å². The van der Waals surface area contributed by atoms with Crippen LogP contribution in [0, 0.1) is 5.92 Å². The average molecular weight is 420 g/mol. The lowest BCUT2D eigenvalue weighted by molar-refractivity contribution is -0.137. The van der Waals surface area contributed by atoms with Crippen LogP contribution in [0.2, 0.25) is 0 Å². The normalized spacial score (nSPS) is 18.4. The molecule has 1 aliphatic rings. The van der Waals surface area contributed by atoms with Gasteiger partial charge in [0.2, 0.25) is 17.7 Å². The molecular formula is C21H29N3O4S. The van der Waals surface area contributed by atoms with Crippen LogP contribution in [-0.2, 0) is 19.2 Å². The molecule has 1 saturated heterocycles. The fourth-order valence-electron chi connectivity index (χ4n) is 3.44. The molecule has 0 aromatic heterocycles. The predicted octanol–water partition coefficient (Wildman–Crippen LogP) is 2.06. The molecule has 1 fully saturated rings. The van der Waals surface area contributed by atoms with Crippen LogP contribution < -0.4 is 16.4 Å². The van der Waals surface area contributed by atoms with E-state index in [1.165, 1.54) is 6.92 Å². The van der Waals surface area contributed by atoms with E-state index in [0.29, 0.717) is 32.2 Å². The molecule has 4 N–H and O–H groups in total. The standard InChI is InChI=1S/C21H29N3O4S/c1-14(25)29-18(19(22)26)12-6-5-11-17(15-8-3-2-4-9-15)24-21(28)16-10-7-13-23-20(16)27/h2-4,8-9,16-18H,5-7,10-13H2,1H3,(H2,22,26)(H,23,27)(H,24,28)/t16-,17?,18+/m1/s1. The summed E-state index contributed by atoms with van der Waals surface area (Å²) in [7, 11) is 0. The summed E-state index contributed by atoms with van der Waals surface area (Å²) in [6.45, 7) is 2.03. The minimum atomic E-state index is -0.652. The first-order valence-corrected chi connectivity index (χ1v) is 10.9. The van der Waals surface area contributed by atoms with Crippen molar-refractivity contribution in [3.63, 3.8) is 0 Å². The van der Waals surface area contributed by atoms with Gasteiger partial charge in [-0.3, -0.25) is 19.2 Å². The SMILES string of the molecule is CC(=O)S[C@@H](CCCCC(NC(=O)[C@@H]1CCCNC1=O)c1ccccc1)C(N)=O. The van der Waals surface area contributed by atoms with Gasteiger partial charge in [0.05, 0.1) is 11.3 Å². The van der Waals surface area contributed by atoms with Crippen LogP contribution in [0.5, 0.6) is 0 Å². The fourth-order valence-corrected chi connectivity index (χ4v) is 4.24. The molecule has 0 radical (unpaired) electrons. The number of piperidine rings is 1. The second-order valence-corrected chi connectivity index (χ2v) is 8.62. The third-order valence-corrected chi connectivity index (χ3v) is 6.04. The van der Waals surface area contributed by atoms with Gasteiger partial charge in [-0.2, -0.15) is 0 Å². The van der Waals surface area contributed by atoms with Crippen molar-refractivity contribution >= 4 is 34.6 Å². The van der Waals surface area contributed by atoms with Crippen molar-refractivity contribution in [2.45, 2.75) is 56.7 Å². The summed E-state index contributed by atoms with van der Waals surface area (Å²) in [5, 5.41) is 5.11. The molecular weight excluding hydrogens is 390 g/mol. The van der Waals surface area contributed by atoms with Crippen LogP contribution in [0.1, 0.15) is 57.1 Å². The molecule has 1 aromatic rings. The van der Waals surface area contributed by atoms with Crippen LogP contribution in [0.4, 0.5) is 0 Å². The first-order valence-electron chi connectivity index (χ1n) is 9.98. The lowest BCUT2D eigenvalue weighted by Crippen LogP contribution is -2.45. The molecule has 0 aliphatic carbocycles. The summed E-state index contributed by atoms with van der Waals surface area (Å²) >= 11 is 0.965. The summed E-state index contributed by atoms with van der Waals surface area (Å²) in [6.07, 6.45) is 3.99. The van der Waals surface area contributed by atoms with Gasteiger partial charge in [-0.05, 0) is 31.2 Å². The van der Waals surface area contributed by atoms with Crippen molar-refractivity contribution in [2.24, 2.45) is 11.7 Å². The third kappa shape index (κ3) is 7.53. The van der Waals surface area contributed by atoms with Crippen LogP contribution in [-0.4, -0.2) is 34.6 Å². The number of unbranched alkanes of at least 4 members (excludes halogenated alkanes) is 1. The molecule has 2 rings (SSSR count). The van der Waals surface area contributed by atoms with E-state index in [9.17, 15) is 19.2 Å². The Hall–Kier alpha value is -2.35. The Kier molecular flexibility index (Phi) is 9.18. The highest BCUT2D eigenvalue weighted by atomic mass is 32.2. The maximum Gasteiger partial charge on any atom is 0.233 e. The number of rotatable bonds is 10. The third-order valence-electron chi connectivity index (χ3n) is 4.95. The molecule has 1 aromatic carbocycles. The van der Waals surface area contributed by atoms with Gasteiger partial charge < -0.3 is 16.4 Å². The highest BCUT2D eigenvalue weighted by molar-refractivity contribution is 8.14. The van der Waals surface area contributed by atoms with E-state index in [1.54, 1.807) is 0 Å². The second kappa shape index (κ2) is 11.6. The molecule has 1 heterocycles. The zero-order valence-electron chi connectivity index (χ0n) is 16.7. The summed E-state index contributed by atoms with van der Waals surface area (Å²) in [5.41, 5.74) is 6.35. The van der Waals surface area contributed by atoms with E-state index >= 15 is 0 Å². The maximum absolute atomic E-state index is 12.7. The van der Waals surface area contributed by atoms with Crippen molar-refractivity contribution in [1.29, 1.82) is 0 Å². The van der Waals surface area contributed by atoms with Crippen LogP contribution in [0.15, 0.2) is 30.3 Å². The monoisotopic (exact) mass is 419 g/mol. The molecule has 3 atom stereocenters. The number of nitrogens with one attached hydrogen (secondary N) is 2. The zero-order chi connectivity index (χ0) is 21.2. The van der Waals surface area contributed by atoms with E-state index < -0.39 is 17.1 Å². The number of hydrogen-bond donors (Lipinski definition) is 3. The summed E-state index contributed by atoms with van der Waals surface area (Å²) in [6, 6.07) is 9.41. The Morgan fingerprint density at radius 1 is 1.21 bits per heavy atom. The molecule has 1 aliphatic heterocycles. The number of carbonyl (C=O) groups excluding carboxylic acids is 4. The molecule has 158 valence electrons. The highest BCUT2D eigenvalue weighted by Crippen LogP contribution is 2.24. The molecule has 29 heavy (non-hydrogen) atoms. The van der Waals surface area contributed by atoms with Gasteiger partial charge in [0, 0.05) is 13.5 Å². The van der Waals surface area contributed by atoms with Gasteiger partial charge in [0.25, 0.3) is 0 Å². The average Bonchev–Trinajstić information content (AvgIpc) is 2.69. The van der Waals surface area contributed by atoms with Crippen molar-refractivity contribution in [1.82, 2.24) is 10.6 Å². The number of amides is 3. The quantitative estimate of drug-likeness (QED) is 0.396. The Balaban J connectivity index is 1.94. The van der Waals surface area contributed by atoms with E-state index in [1.807, 2.05) is 30.3 Å².